The normalized spacial score (nSPS) is 10.9. The summed E-state index contributed by atoms with van der Waals surface area (Å²) in [6.07, 6.45) is 11.8. The van der Waals surface area contributed by atoms with Crippen molar-refractivity contribution in [2.45, 2.75) is 64.7 Å². The lowest BCUT2D eigenvalue weighted by atomic mass is 10.1. The summed E-state index contributed by atoms with van der Waals surface area (Å²) in [6, 6.07) is 0. The van der Waals surface area contributed by atoms with E-state index in [1.165, 1.54) is 51.4 Å². The van der Waals surface area contributed by atoms with Gasteiger partial charge in [-0.15, -0.1) is 0 Å². The number of hydrogen-bond donors (Lipinski definition) is 2. The van der Waals surface area contributed by atoms with Crippen molar-refractivity contribution < 1.29 is 4.84 Å². The van der Waals surface area contributed by atoms with E-state index in [1.807, 2.05) is 0 Å². The molecule has 0 bridgehead atoms. The van der Waals surface area contributed by atoms with Crippen LogP contribution in [0.15, 0.2) is 0 Å². The van der Waals surface area contributed by atoms with Crippen LogP contribution < -0.4 is 11.2 Å². The van der Waals surface area contributed by atoms with Crippen molar-refractivity contribution >= 4 is 0 Å². The second-order valence-corrected chi connectivity index (χ2v) is 4.36. The number of nitrogens with one attached hydrogen (secondary N) is 1. The minimum atomic E-state index is 0.708. The number of rotatable bonds is 13. The Hall–Kier alpha value is -0.120. The molecule has 0 aliphatic rings. The molecule has 3 N–H and O–H groups in total. The van der Waals surface area contributed by atoms with Crippen LogP contribution >= 0.6 is 0 Å². The molecule has 3 nitrogen and oxygen atoms in total. The van der Waals surface area contributed by atoms with Crippen molar-refractivity contribution in [1.82, 2.24) is 5.48 Å². The van der Waals surface area contributed by atoms with Crippen LogP contribution in [0.5, 0.6) is 0 Å². The van der Waals surface area contributed by atoms with Crippen LogP contribution in [0.3, 0.4) is 0 Å². The molecule has 0 aliphatic carbocycles. The van der Waals surface area contributed by atoms with E-state index >= 15 is 0 Å². The highest BCUT2D eigenvalue weighted by molar-refractivity contribution is 4.46. The zero-order valence-corrected chi connectivity index (χ0v) is 11.0. The average Bonchev–Trinajstić information content (AvgIpc) is 2.31. The summed E-state index contributed by atoms with van der Waals surface area (Å²) in [5.41, 5.74) is 8.33. The van der Waals surface area contributed by atoms with E-state index in [9.17, 15) is 0 Å². The SMILES string of the molecule is CCCCCCCCCCNOCCCN. The summed E-state index contributed by atoms with van der Waals surface area (Å²) in [6.45, 7) is 4.67. The Morgan fingerprint density at radius 1 is 0.875 bits per heavy atom. The third-order valence-corrected chi connectivity index (χ3v) is 2.68. The Kier molecular flexibility index (Phi) is 14.8. The Labute approximate surface area is 101 Å². The minimum absolute atomic E-state index is 0.708. The fourth-order valence-corrected chi connectivity index (χ4v) is 1.63. The van der Waals surface area contributed by atoms with Gasteiger partial charge in [-0.3, -0.25) is 0 Å². The molecule has 0 heterocycles. The first-order chi connectivity index (χ1) is 7.91. The smallest absolute Gasteiger partial charge is 0.0694 e. The van der Waals surface area contributed by atoms with Crippen LogP contribution in [0.4, 0.5) is 0 Å². The van der Waals surface area contributed by atoms with E-state index in [0.29, 0.717) is 6.54 Å². The predicted molar refractivity (Wildman–Crippen MR) is 70.2 cm³/mol. The molecule has 0 saturated carbocycles. The zero-order chi connectivity index (χ0) is 11.9. The van der Waals surface area contributed by atoms with Gasteiger partial charge in [-0.05, 0) is 19.4 Å². The number of unbranched alkanes of at least 4 members (excludes halogenated alkanes) is 7. The third-order valence-electron chi connectivity index (χ3n) is 2.68. The van der Waals surface area contributed by atoms with Crippen molar-refractivity contribution in [3.05, 3.63) is 0 Å². The molecule has 0 aliphatic heterocycles. The third kappa shape index (κ3) is 13.9. The molecule has 0 rings (SSSR count). The molecule has 0 atom stereocenters. The fourth-order valence-electron chi connectivity index (χ4n) is 1.63. The van der Waals surface area contributed by atoms with Crippen LogP contribution in [-0.2, 0) is 4.84 Å². The maximum absolute atomic E-state index is 5.35. The van der Waals surface area contributed by atoms with Crippen LogP contribution in [0.25, 0.3) is 0 Å². The van der Waals surface area contributed by atoms with Crippen molar-refractivity contribution in [3.8, 4) is 0 Å². The molecule has 98 valence electrons. The summed E-state index contributed by atoms with van der Waals surface area (Å²) < 4.78 is 0. The molecule has 0 amide bonds. The van der Waals surface area contributed by atoms with Crippen molar-refractivity contribution in [3.63, 3.8) is 0 Å². The highest BCUT2D eigenvalue weighted by Crippen LogP contribution is 2.07. The Morgan fingerprint density at radius 2 is 1.50 bits per heavy atom. The molecule has 0 spiro atoms. The lowest BCUT2D eigenvalue weighted by molar-refractivity contribution is 0.0397. The quantitative estimate of drug-likeness (QED) is 0.378. The minimum Gasteiger partial charge on any atom is -0.330 e. The van der Waals surface area contributed by atoms with Crippen molar-refractivity contribution in [1.29, 1.82) is 0 Å². The van der Waals surface area contributed by atoms with Gasteiger partial charge in [0.1, 0.15) is 0 Å². The lowest BCUT2D eigenvalue weighted by Crippen LogP contribution is -2.18. The number of hydroxylamine groups is 1. The molecule has 0 aromatic rings. The highest BCUT2D eigenvalue weighted by atomic mass is 16.6. The molecular weight excluding hydrogens is 200 g/mol. The van der Waals surface area contributed by atoms with Gasteiger partial charge in [0.25, 0.3) is 0 Å². The van der Waals surface area contributed by atoms with Crippen molar-refractivity contribution in [2.75, 3.05) is 19.7 Å². The summed E-state index contributed by atoms with van der Waals surface area (Å²) >= 11 is 0. The molecular formula is C13H30N2O. The largest absolute Gasteiger partial charge is 0.330 e. The van der Waals surface area contributed by atoms with Gasteiger partial charge in [0.05, 0.1) is 6.61 Å². The van der Waals surface area contributed by atoms with E-state index < -0.39 is 0 Å². The van der Waals surface area contributed by atoms with Crippen LogP contribution in [0, 0.1) is 0 Å². The summed E-state index contributed by atoms with van der Waals surface area (Å²) in [4.78, 5) is 5.20. The maximum atomic E-state index is 5.35. The number of hydrogen-bond acceptors (Lipinski definition) is 3. The van der Waals surface area contributed by atoms with E-state index in [4.69, 9.17) is 10.6 Å². The summed E-state index contributed by atoms with van der Waals surface area (Å²) in [5, 5.41) is 0. The first-order valence-electron chi connectivity index (χ1n) is 6.96. The first-order valence-corrected chi connectivity index (χ1v) is 6.96. The second kappa shape index (κ2) is 14.9. The van der Waals surface area contributed by atoms with Gasteiger partial charge in [0.2, 0.25) is 0 Å². The van der Waals surface area contributed by atoms with E-state index in [-0.39, 0.29) is 0 Å². The van der Waals surface area contributed by atoms with E-state index in [0.717, 1.165) is 19.6 Å². The highest BCUT2D eigenvalue weighted by Gasteiger charge is 1.91. The van der Waals surface area contributed by atoms with E-state index in [2.05, 4.69) is 12.4 Å². The standard InChI is InChI=1S/C13H30N2O/c1-2-3-4-5-6-7-8-9-12-15-16-13-10-11-14/h15H,2-14H2,1H3. The van der Waals surface area contributed by atoms with Gasteiger partial charge < -0.3 is 10.6 Å². The predicted octanol–water partition coefficient (Wildman–Crippen LogP) is 3.00. The van der Waals surface area contributed by atoms with Gasteiger partial charge >= 0.3 is 0 Å². The molecule has 16 heavy (non-hydrogen) atoms. The maximum Gasteiger partial charge on any atom is 0.0694 e. The van der Waals surface area contributed by atoms with Gasteiger partial charge in [-0.25, -0.2) is 5.48 Å². The van der Waals surface area contributed by atoms with Gasteiger partial charge in [0.15, 0.2) is 0 Å². The zero-order valence-electron chi connectivity index (χ0n) is 11.0. The molecule has 0 radical (unpaired) electrons. The molecule has 0 aromatic heterocycles. The van der Waals surface area contributed by atoms with Crippen molar-refractivity contribution in [2.24, 2.45) is 5.73 Å². The molecule has 0 aromatic carbocycles. The monoisotopic (exact) mass is 230 g/mol. The van der Waals surface area contributed by atoms with E-state index in [1.54, 1.807) is 0 Å². The molecule has 3 heteroatoms. The van der Waals surface area contributed by atoms with Crippen LogP contribution in [0.1, 0.15) is 64.7 Å². The van der Waals surface area contributed by atoms with Crippen LogP contribution in [-0.4, -0.2) is 19.7 Å². The summed E-state index contributed by atoms with van der Waals surface area (Å²) in [5.74, 6) is 0. The Balaban J connectivity index is 2.83. The van der Waals surface area contributed by atoms with Gasteiger partial charge in [-0.1, -0.05) is 51.9 Å². The molecule has 0 fully saturated rings. The summed E-state index contributed by atoms with van der Waals surface area (Å²) in [7, 11) is 0. The van der Waals surface area contributed by atoms with Gasteiger partial charge in [0, 0.05) is 6.54 Å². The Bertz CT molecular complexity index is 107. The molecule has 0 saturated heterocycles. The Morgan fingerprint density at radius 3 is 2.12 bits per heavy atom. The average molecular weight is 230 g/mol. The topological polar surface area (TPSA) is 47.3 Å². The lowest BCUT2D eigenvalue weighted by Gasteiger charge is -2.05. The van der Waals surface area contributed by atoms with Crippen LogP contribution in [0.2, 0.25) is 0 Å². The first kappa shape index (κ1) is 15.9. The molecule has 0 unspecified atom stereocenters. The van der Waals surface area contributed by atoms with Gasteiger partial charge in [-0.2, -0.15) is 0 Å². The fraction of sp³-hybridized carbons (Fsp3) is 1.00. The number of nitrogens with two attached hydrogens (primary N) is 1. The second-order valence-electron chi connectivity index (χ2n) is 4.36.